The van der Waals surface area contributed by atoms with Crippen LogP contribution in [0.15, 0.2) is 106 Å². The van der Waals surface area contributed by atoms with E-state index in [4.69, 9.17) is 0 Å². The van der Waals surface area contributed by atoms with Gasteiger partial charge in [-0.3, -0.25) is 13.9 Å². The van der Waals surface area contributed by atoms with Crippen molar-refractivity contribution in [3.63, 3.8) is 0 Å². The van der Waals surface area contributed by atoms with Crippen molar-refractivity contribution in [2.24, 2.45) is 5.92 Å². The third kappa shape index (κ3) is 8.85. The van der Waals surface area contributed by atoms with Crippen molar-refractivity contribution < 1.29 is 18.0 Å². The molecule has 9 heteroatoms. The molecule has 0 spiro atoms. The van der Waals surface area contributed by atoms with Crippen LogP contribution in [0.3, 0.4) is 0 Å². The van der Waals surface area contributed by atoms with Gasteiger partial charge >= 0.3 is 0 Å². The normalized spacial score (nSPS) is 12.1. The van der Waals surface area contributed by atoms with Crippen molar-refractivity contribution in [2.75, 3.05) is 17.4 Å². The third-order valence-corrected chi connectivity index (χ3v) is 10.3. The smallest absolute Gasteiger partial charge is 0.264 e. The molecule has 4 aromatic rings. The molecule has 4 aromatic carbocycles. The van der Waals surface area contributed by atoms with E-state index in [1.165, 1.54) is 9.21 Å². The van der Waals surface area contributed by atoms with E-state index in [9.17, 15) is 18.0 Å². The number of hydrogen-bond acceptors (Lipinski definition) is 4. The van der Waals surface area contributed by atoms with Gasteiger partial charge in [0.2, 0.25) is 11.8 Å². The van der Waals surface area contributed by atoms with E-state index >= 15 is 0 Å². The average molecular weight is 705 g/mol. The zero-order valence-corrected chi connectivity index (χ0v) is 29.4. The molecule has 4 rings (SSSR count). The highest BCUT2D eigenvalue weighted by molar-refractivity contribution is 9.10. The molecule has 0 aliphatic rings. The van der Waals surface area contributed by atoms with Crippen LogP contribution in [0.4, 0.5) is 5.69 Å². The second-order valence-electron chi connectivity index (χ2n) is 12.0. The van der Waals surface area contributed by atoms with Gasteiger partial charge in [0.15, 0.2) is 0 Å². The summed E-state index contributed by atoms with van der Waals surface area (Å²) < 4.78 is 30.7. The molecule has 242 valence electrons. The average Bonchev–Trinajstić information content (AvgIpc) is 3.03. The molecule has 0 bridgehead atoms. The molecule has 2 amide bonds. The number of sulfonamides is 1. The minimum Gasteiger partial charge on any atom is -0.354 e. The number of carbonyl (C=O) groups excluding carboxylic acids is 2. The molecule has 7 nitrogen and oxygen atoms in total. The van der Waals surface area contributed by atoms with Crippen LogP contribution in [0.2, 0.25) is 0 Å². The fourth-order valence-corrected chi connectivity index (χ4v) is 6.86. The number of amides is 2. The molecule has 0 saturated carbocycles. The summed E-state index contributed by atoms with van der Waals surface area (Å²) in [5, 5.41) is 3.02. The van der Waals surface area contributed by atoms with Gasteiger partial charge in [-0.1, -0.05) is 102 Å². The summed E-state index contributed by atoms with van der Waals surface area (Å²) >= 11 is 3.47. The van der Waals surface area contributed by atoms with E-state index in [2.05, 4.69) is 21.2 Å². The van der Waals surface area contributed by atoms with E-state index < -0.39 is 28.5 Å². The second-order valence-corrected chi connectivity index (χ2v) is 14.8. The van der Waals surface area contributed by atoms with E-state index in [-0.39, 0.29) is 29.7 Å². The monoisotopic (exact) mass is 703 g/mol. The van der Waals surface area contributed by atoms with Crippen LogP contribution in [-0.4, -0.2) is 44.3 Å². The number of aryl methyl sites for hydroxylation is 2. The standard InChI is InChI=1S/C37H42BrN3O4S/c1-26(2)23-39-37(43)35(22-30-11-7-6-8-12-30)40(24-31-16-18-32(38)19-17-31)36(42)25-41(34-13-9-10-28(4)29(34)5)46(44,45)33-20-14-27(3)15-21-33/h6-21,26,35H,22-25H2,1-5H3,(H,39,43)/t35-/m1/s1. The van der Waals surface area contributed by atoms with Crippen molar-refractivity contribution in [1.29, 1.82) is 0 Å². The largest absolute Gasteiger partial charge is 0.354 e. The Labute approximate surface area is 281 Å². The number of rotatable bonds is 13. The van der Waals surface area contributed by atoms with Gasteiger partial charge in [0, 0.05) is 24.0 Å². The Morgan fingerprint density at radius 2 is 1.46 bits per heavy atom. The lowest BCUT2D eigenvalue weighted by Gasteiger charge is -2.34. The van der Waals surface area contributed by atoms with Crippen molar-refractivity contribution >= 4 is 43.5 Å². The molecule has 0 unspecified atom stereocenters. The highest BCUT2D eigenvalue weighted by atomic mass is 79.9. The van der Waals surface area contributed by atoms with E-state index in [0.717, 1.165) is 32.3 Å². The van der Waals surface area contributed by atoms with Crippen LogP contribution in [0.25, 0.3) is 0 Å². The number of nitrogens with one attached hydrogen (secondary N) is 1. The van der Waals surface area contributed by atoms with Crippen LogP contribution in [0.5, 0.6) is 0 Å². The highest BCUT2D eigenvalue weighted by Crippen LogP contribution is 2.29. The first-order valence-electron chi connectivity index (χ1n) is 15.4. The lowest BCUT2D eigenvalue weighted by atomic mass is 10.0. The van der Waals surface area contributed by atoms with Crippen LogP contribution >= 0.6 is 15.9 Å². The molecule has 1 N–H and O–H groups in total. The number of hydrogen-bond donors (Lipinski definition) is 1. The maximum absolute atomic E-state index is 14.6. The van der Waals surface area contributed by atoms with Crippen LogP contribution in [0, 0.1) is 26.7 Å². The summed E-state index contributed by atoms with van der Waals surface area (Å²) in [6.45, 7) is 9.74. The highest BCUT2D eigenvalue weighted by Gasteiger charge is 2.35. The molecule has 0 fully saturated rings. The first-order chi connectivity index (χ1) is 21.9. The second kappa shape index (κ2) is 15.6. The van der Waals surface area contributed by atoms with Gasteiger partial charge in [-0.05, 0) is 79.3 Å². The molecule has 0 radical (unpaired) electrons. The Kier molecular flexibility index (Phi) is 11.8. The Bertz CT molecular complexity index is 1740. The van der Waals surface area contributed by atoms with Gasteiger partial charge in [-0.25, -0.2) is 8.42 Å². The number of nitrogens with zero attached hydrogens (tertiary/aromatic N) is 2. The predicted molar refractivity (Wildman–Crippen MR) is 188 cm³/mol. The Balaban J connectivity index is 1.82. The fraction of sp³-hybridized carbons (Fsp3) is 0.297. The summed E-state index contributed by atoms with van der Waals surface area (Å²) in [6.07, 6.45) is 0.265. The minimum absolute atomic E-state index is 0.0850. The summed E-state index contributed by atoms with van der Waals surface area (Å²) in [6, 6.07) is 28.2. The van der Waals surface area contributed by atoms with Crippen molar-refractivity contribution in [3.8, 4) is 0 Å². The molecule has 0 saturated heterocycles. The van der Waals surface area contributed by atoms with Crippen molar-refractivity contribution in [2.45, 2.75) is 58.5 Å². The van der Waals surface area contributed by atoms with E-state index in [1.54, 1.807) is 36.4 Å². The number of carbonyl (C=O) groups is 2. The zero-order valence-electron chi connectivity index (χ0n) is 27.0. The molecular weight excluding hydrogens is 662 g/mol. The number of halogens is 1. The topological polar surface area (TPSA) is 86.8 Å². The van der Waals surface area contributed by atoms with E-state index in [1.807, 2.05) is 95.3 Å². The minimum atomic E-state index is -4.16. The maximum Gasteiger partial charge on any atom is 0.264 e. The maximum atomic E-state index is 14.6. The fourth-order valence-electron chi connectivity index (χ4n) is 5.12. The van der Waals surface area contributed by atoms with Gasteiger partial charge in [-0.2, -0.15) is 0 Å². The molecular formula is C37H42BrN3O4S. The van der Waals surface area contributed by atoms with Crippen LogP contribution in [-0.2, 0) is 32.6 Å². The van der Waals surface area contributed by atoms with Gasteiger partial charge < -0.3 is 10.2 Å². The lowest BCUT2D eigenvalue weighted by molar-refractivity contribution is -0.140. The summed E-state index contributed by atoms with van der Waals surface area (Å²) in [7, 11) is -4.16. The lowest BCUT2D eigenvalue weighted by Crippen LogP contribution is -2.53. The third-order valence-electron chi connectivity index (χ3n) is 7.95. The van der Waals surface area contributed by atoms with Gasteiger partial charge in [0.05, 0.1) is 10.6 Å². The van der Waals surface area contributed by atoms with Gasteiger partial charge in [-0.15, -0.1) is 0 Å². The van der Waals surface area contributed by atoms with Crippen LogP contribution < -0.4 is 9.62 Å². The van der Waals surface area contributed by atoms with Crippen LogP contribution in [0.1, 0.15) is 41.7 Å². The van der Waals surface area contributed by atoms with Gasteiger partial charge in [0.25, 0.3) is 10.0 Å². The van der Waals surface area contributed by atoms with Crippen molar-refractivity contribution in [1.82, 2.24) is 10.2 Å². The quantitative estimate of drug-likeness (QED) is 0.163. The first kappa shape index (κ1) is 34.9. The first-order valence-corrected chi connectivity index (χ1v) is 17.6. The SMILES string of the molecule is Cc1ccc(S(=O)(=O)N(CC(=O)N(Cc2ccc(Br)cc2)[C@H](Cc2ccccc2)C(=O)NCC(C)C)c2cccc(C)c2C)cc1. The molecule has 0 heterocycles. The Morgan fingerprint density at radius 1 is 0.804 bits per heavy atom. The molecule has 0 aromatic heterocycles. The zero-order chi connectivity index (χ0) is 33.4. The summed E-state index contributed by atoms with van der Waals surface area (Å²) in [4.78, 5) is 30.1. The molecule has 46 heavy (non-hydrogen) atoms. The molecule has 0 aliphatic heterocycles. The summed E-state index contributed by atoms with van der Waals surface area (Å²) in [5.74, 6) is -0.570. The molecule has 1 atom stereocenters. The number of benzene rings is 4. The van der Waals surface area contributed by atoms with Crippen molar-refractivity contribution in [3.05, 3.63) is 129 Å². The van der Waals surface area contributed by atoms with E-state index in [0.29, 0.717) is 12.2 Å². The molecule has 0 aliphatic carbocycles. The number of anilines is 1. The Hall–Kier alpha value is -3.95. The van der Waals surface area contributed by atoms with Gasteiger partial charge in [0.1, 0.15) is 12.6 Å². The Morgan fingerprint density at radius 3 is 2.09 bits per heavy atom. The summed E-state index contributed by atoms with van der Waals surface area (Å²) in [5.41, 5.74) is 4.69. The predicted octanol–water partition coefficient (Wildman–Crippen LogP) is 6.98.